The molecule has 1 saturated heterocycles. The highest BCUT2D eigenvalue weighted by molar-refractivity contribution is 9.10. The molecule has 3 heteroatoms. The molecule has 2 atom stereocenters. The Hall–Kier alpha value is -0.540. The maximum atomic E-state index is 3.71. The molecule has 1 N–H and O–H groups in total. The minimum Gasteiger partial charge on any atom is -0.371 e. The monoisotopic (exact) mass is 324 g/mol. The van der Waals surface area contributed by atoms with Gasteiger partial charge in [0.15, 0.2) is 0 Å². The molecule has 0 bridgehead atoms. The molecule has 1 fully saturated rings. The van der Waals surface area contributed by atoms with Crippen molar-refractivity contribution in [3.05, 3.63) is 28.2 Å². The predicted molar refractivity (Wildman–Crippen MR) is 86.7 cm³/mol. The molecule has 0 aliphatic carbocycles. The fourth-order valence-corrected chi connectivity index (χ4v) is 3.12. The second kappa shape index (κ2) is 6.76. The molecule has 1 aromatic carbocycles. The van der Waals surface area contributed by atoms with E-state index in [0.717, 1.165) is 24.9 Å². The largest absolute Gasteiger partial charge is 0.371 e. The Morgan fingerprint density at radius 1 is 1.26 bits per heavy atom. The summed E-state index contributed by atoms with van der Waals surface area (Å²) < 4.78 is 1.22. The van der Waals surface area contributed by atoms with Gasteiger partial charge in [0.1, 0.15) is 0 Å². The first-order valence-corrected chi connectivity index (χ1v) is 8.15. The van der Waals surface area contributed by atoms with Gasteiger partial charge < -0.3 is 10.2 Å². The number of nitrogens with zero attached hydrogens (tertiary/aromatic N) is 1. The average molecular weight is 325 g/mol. The molecule has 2 unspecified atom stereocenters. The van der Waals surface area contributed by atoms with Crippen LogP contribution in [0.3, 0.4) is 0 Å². The molecular formula is C16H25BrN2. The lowest BCUT2D eigenvalue weighted by Crippen LogP contribution is -2.20. The molecular weight excluding hydrogens is 300 g/mol. The number of halogens is 1. The van der Waals surface area contributed by atoms with Crippen molar-refractivity contribution in [3.63, 3.8) is 0 Å². The Morgan fingerprint density at radius 2 is 1.95 bits per heavy atom. The highest BCUT2D eigenvalue weighted by Gasteiger charge is 2.26. The summed E-state index contributed by atoms with van der Waals surface area (Å²) in [5.41, 5.74) is 2.69. The maximum absolute atomic E-state index is 3.71. The zero-order valence-corrected chi connectivity index (χ0v) is 13.8. The Bertz CT molecular complexity index is 409. The van der Waals surface area contributed by atoms with Crippen molar-refractivity contribution in [2.45, 2.75) is 33.7 Å². The van der Waals surface area contributed by atoms with Crippen LogP contribution in [-0.4, -0.2) is 19.6 Å². The molecule has 0 amide bonds. The van der Waals surface area contributed by atoms with Crippen LogP contribution in [0.25, 0.3) is 0 Å². The van der Waals surface area contributed by atoms with E-state index < -0.39 is 0 Å². The number of hydrogen-bond donors (Lipinski definition) is 1. The minimum absolute atomic E-state index is 0.796. The van der Waals surface area contributed by atoms with E-state index in [0.29, 0.717) is 0 Å². The van der Waals surface area contributed by atoms with Gasteiger partial charge in [-0.05, 0) is 42.5 Å². The molecule has 0 aromatic heterocycles. The smallest absolute Gasteiger partial charge is 0.0377 e. The molecule has 1 aliphatic rings. The van der Waals surface area contributed by atoms with Crippen LogP contribution in [0.1, 0.15) is 32.8 Å². The first kappa shape index (κ1) is 14.9. The van der Waals surface area contributed by atoms with E-state index in [-0.39, 0.29) is 0 Å². The van der Waals surface area contributed by atoms with E-state index in [9.17, 15) is 0 Å². The third kappa shape index (κ3) is 3.73. The first-order chi connectivity index (χ1) is 9.11. The van der Waals surface area contributed by atoms with E-state index in [4.69, 9.17) is 0 Å². The van der Waals surface area contributed by atoms with Crippen molar-refractivity contribution >= 4 is 21.6 Å². The van der Waals surface area contributed by atoms with Gasteiger partial charge in [-0.2, -0.15) is 0 Å². The van der Waals surface area contributed by atoms with Gasteiger partial charge in [-0.3, -0.25) is 0 Å². The normalized spacial score (nSPS) is 23.1. The Labute approximate surface area is 125 Å². The van der Waals surface area contributed by atoms with Crippen LogP contribution in [0.5, 0.6) is 0 Å². The Balaban J connectivity index is 2.02. The summed E-state index contributed by atoms with van der Waals surface area (Å²) in [5, 5.41) is 3.45. The zero-order chi connectivity index (χ0) is 13.8. The van der Waals surface area contributed by atoms with Crippen molar-refractivity contribution in [3.8, 4) is 0 Å². The minimum atomic E-state index is 0.796. The average Bonchev–Trinajstić information content (AvgIpc) is 2.72. The van der Waals surface area contributed by atoms with Gasteiger partial charge in [-0.1, -0.05) is 42.8 Å². The van der Waals surface area contributed by atoms with Crippen molar-refractivity contribution in [2.24, 2.45) is 11.8 Å². The maximum Gasteiger partial charge on any atom is 0.0377 e. The van der Waals surface area contributed by atoms with Gasteiger partial charge >= 0.3 is 0 Å². The van der Waals surface area contributed by atoms with Crippen molar-refractivity contribution in [1.29, 1.82) is 0 Å². The summed E-state index contributed by atoms with van der Waals surface area (Å²) in [6.07, 6.45) is 1.18. The van der Waals surface area contributed by atoms with Crippen LogP contribution in [0.15, 0.2) is 22.7 Å². The molecule has 19 heavy (non-hydrogen) atoms. The number of nitrogens with one attached hydrogen (secondary N) is 1. The Kier molecular flexibility index (Phi) is 5.28. The second-order valence-electron chi connectivity index (χ2n) is 5.81. The summed E-state index contributed by atoms with van der Waals surface area (Å²) in [6.45, 7) is 11.3. The van der Waals surface area contributed by atoms with Gasteiger partial charge in [0.25, 0.3) is 0 Å². The van der Waals surface area contributed by atoms with E-state index in [1.54, 1.807) is 0 Å². The van der Waals surface area contributed by atoms with Crippen molar-refractivity contribution in [2.75, 3.05) is 24.5 Å². The molecule has 1 aromatic rings. The van der Waals surface area contributed by atoms with Crippen LogP contribution in [0.4, 0.5) is 5.69 Å². The topological polar surface area (TPSA) is 15.3 Å². The third-order valence-electron chi connectivity index (χ3n) is 4.13. The highest BCUT2D eigenvalue weighted by Crippen LogP contribution is 2.30. The predicted octanol–water partition coefficient (Wildman–Crippen LogP) is 4.04. The van der Waals surface area contributed by atoms with E-state index in [1.165, 1.54) is 35.2 Å². The van der Waals surface area contributed by atoms with Crippen LogP contribution in [0, 0.1) is 11.8 Å². The van der Waals surface area contributed by atoms with Crippen molar-refractivity contribution < 1.29 is 0 Å². The summed E-state index contributed by atoms with van der Waals surface area (Å²) in [6, 6.07) is 6.78. The standard InChI is InChI=1S/C16H25BrN2/c1-4-7-18-9-14-5-6-15(8-16(14)17)19-10-12(2)13(3)11-19/h5-6,8,12-13,18H,4,7,9-11H2,1-3H3. The fraction of sp³-hybridized carbons (Fsp3) is 0.625. The summed E-state index contributed by atoms with van der Waals surface area (Å²) in [4.78, 5) is 2.50. The molecule has 1 heterocycles. The SMILES string of the molecule is CCCNCc1ccc(N2CC(C)C(C)C2)cc1Br. The molecule has 106 valence electrons. The fourth-order valence-electron chi connectivity index (χ4n) is 2.62. The second-order valence-corrected chi connectivity index (χ2v) is 6.67. The van der Waals surface area contributed by atoms with Gasteiger partial charge in [-0.25, -0.2) is 0 Å². The van der Waals surface area contributed by atoms with Crippen LogP contribution < -0.4 is 10.2 Å². The number of benzene rings is 1. The lowest BCUT2D eigenvalue weighted by atomic mass is 10.0. The lowest BCUT2D eigenvalue weighted by molar-refractivity contribution is 0.494. The number of anilines is 1. The zero-order valence-electron chi connectivity index (χ0n) is 12.2. The lowest BCUT2D eigenvalue weighted by Gasteiger charge is -2.19. The molecule has 2 nitrogen and oxygen atoms in total. The third-order valence-corrected chi connectivity index (χ3v) is 4.87. The van der Waals surface area contributed by atoms with Crippen molar-refractivity contribution in [1.82, 2.24) is 5.32 Å². The van der Waals surface area contributed by atoms with E-state index >= 15 is 0 Å². The quantitative estimate of drug-likeness (QED) is 0.822. The van der Waals surface area contributed by atoms with Gasteiger partial charge in [0, 0.05) is 29.8 Å². The summed E-state index contributed by atoms with van der Waals surface area (Å²) in [7, 11) is 0. The van der Waals surface area contributed by atoms with E-state index in [2.05, 4.69) is 65.1 Å². The molecule has 0 radical (unpaired) electrons. The van der Waals surface area contributed by atoms with Crippen LogP contribution in [0.2, 0.25) is 0 Å². The van der Waals surface area contributed by atoms with Gasteiger partial charge in [0.05, 0.1) is 0 Å². The van der Waals surface area contributed by atoms with Crippen LogP contribution in [-0.2, 0) is 6.54 Å². The van der Waals surface area contributed by atoms with Gasteiger partial charge in [0.2, 0.25) is 0 Å². The Morgan fingerprint density at radius 3 is 2.53 bits per heavy atom. The molecule has 0 spiro atoms. The first-order valence-electron chi connectivity index (χ1n) is 7.36. The molecule has 0 saturated carbocycles. The van der Waals surface area contributed by atoms with Crippen LogP contribution >= 0.6 is 15.9 Å². The van der Waals surface area contributed by atoms with E-state index in [1.807, 2.05) is 0 Å². The molecule has 2 rings (SSSR count). The molecule has 1 aliphatic heterocycles. The number of rotatable bonds is 5. The summed E-state index contributed by atoms with van der Waals surface area (Å²) in [5.74, 6) is 1.59. The highest BCUT2D eigenvalue weighted by atomic mass is 79.9. The summed E-state index contributed by atoms with van der Waals surface area (Å²) >= 11 is 3.71. The number of hydrogen-bond acceptors (Lipinski definition) is 2. The van der Waals surface area contributed by atoms with Gasteiger partial charge in [-0.15, -0.1) is 0 Å².